The van der Waals surface area contributed by atoms with Crippen LogP contribution in [0.3, 0.4) is 0 Å². The summed E-state index contributed by atoms with van der Waals surface area (Å²) >= 11 is 6.09. The number of nitrogens with one attached hydrogen (secondary N) is 1. The second-order valence-corrected chi connectivity index (χ2v) is 9.74. The van der Waals surface area contributed by atoms with Crippen molar-refractivity contribution >= 4 is 39.1 Å². The fraction of sp³-hybridized carbons (Fsp3) is 0.391. The molecule has 0 radical (unpaired) electrons. The molecule has 0 aliphatic rings. The number of para-hydroxylation sites is 2. The van der Waals surface area contributed by atoms with Crippen molar-refractivity contribution in [1.82, 2.24) is 10.2 Å². The number of halogens is 1. The third kappa shape index (κ3) is 7.36. The summed E-state index contributed by atoms with van der Waals surface area (Å²) in [6, 6.07) is 12.7. The van der Waals surface area contributed by atoms with Gasteiger partial charge in [-0.15, -0.1) is 0 Å². The zero-order chi connectivity index (χ0) is 24.6. The van der Waals surface area contributed by atoms with Gasteiger partial charge in [0.2, 0.25) is 21.8 Å². The number of ether oxygens (including phenoxy) is 1. The van der Waals surface area contributed by atoms with Crippen LogP contribution in [0.5, 0.6) is 5.75 Å². The van der Waals surface area contributed by atoms with Crippen LogP contribution in [0.1, 0.15) is 26.3 Å². The molecular weight excluding hydrogens is 466 g/mol. The number of rotatable bonds is 11. The van der Waals surface area contributed by atoms with Gasteiger partial charge in [0.05, 0.1) is 18.6 Å². The topological polar surface area (TPSA) is 96.0 Å². The van der Waals surface area contributed by atoms with Gasteiger partial charge in [-0.1, -0.05) is 35.9 Å². The monoisotopic (exact) mass is 495 g/mol. The smallest absolute Gasteiger partial charge is 0.244 e. The van der Waals surface area contributed by atoms with Gasteiger partial charge < -0.3 is 15.0 Å². The molecule has 0 saturated heterocycles. The van der Waals surface area contributed by atoms with Gasteiger partial charge in [0.1, 0.15) is 18.3 Å². The zero-order valence-corrected chi connectivity index (χ0v) is 20.8. The predicted octanol–water partition coefficient (Wildman–Crippen LogP) is 3.06. The molecule has 2 rings (SSSR count). The number of sulfonamides is 1. The Balaban J connectivity index is 2.43. The van der Waals surface area contributed by atoms with Gasteiger partial charge in [-0.3, -0.25) is 13.9 Å². The minimum atomic E-state index is -3.84. The lowest BCUT2D eigenvalue weighted by Crippen LogP contribution is -2.51. The summed E-state index contributed by atoms with van der Waals surface area (Å²) in [7, 11) is -3.84. The molecule has 0 bridgehead atoms. The van der Waals surface area contributed by atoms with E-state index in [0.717, 1.165) is 10.6 Å². The van der Waals surface area contributed by atoms with Crippen molar-refractivity contribution in [2.45, 2.75) is 33.4 Å². The van der Waals surface area contributed by atoms with E-state index in [1.807, 2.05) is 0 Å². The van der Waals surface area contributed by atoms with E-state index in [9.17, 15) is 18.0 Å². The first-order chi connectivity index (χ1) is 15.6. The first-order valence-corrected chi connectivity index (χ1v) is 12.8. The van der Waals surface area contributed by atoms with Crippen LogP contribution in [-0.4, -0.2) is 57.1 Å². The number of hydrogen-bond donors (Lipinski definition) is 1. The Morgan fingerprint density at radius 1 is 1.12 bits per heavy atom. The summed E-state index contributed by atoms with van der Waals surface area (Å²) in [6.45, 7) is 5.50. The molecule has 0 unspecified atom stereocenters. The Kier molecular flexibility index (Phi) is 9.55. The van der Waals surface area contributed by atoms with Crippen LogP contribution >= 0.6 is 11.6 Å². The van der Waals surface area contributed by atoms with E-state index in [1.165, 1.54) is 4.90 Å². The van der Waals surface area contributed by atoms with E-state index in [0.29, 0.717) is 29.5 Å². The highest BCUT2D eigenvalue weighted by molar-refractivity contribution is 7.92. The molecule has 2 aromatic carbocycles. The fourth-order valence-electron chi connectivity index (χ4n) is 3.27. The second-order valence-electron chi connectivity index (χ2n) is 7.39. The van der Waals surface area contributed by atoms with Crippen molar-refractivity contribution < 1.29 is 22.7 Å². The normalized spacial score (nSPS) is 12.0. The Hall–Kier alpha value is -2.78. The van der Waals surface area contributed by atoms with E-state index < -0.39 is 28.5 Å². The molecule has 0 saturated carbocycles. The molecule has 33 heavy (non-hydrogen) atoms. The molecule has 0 spiro atoms. The Labute approximate surface area is 200 Å². The van der Waals surface area contributed by atoms with Crippen LogP contribution in [0.4, 0.5) is 5.69 Å². The van der Waals surface area contributed by atoms with Crippen molar-refractivity contribution in [2.24, 2.45) is 0 Å². The summed E-state index contributed by atoms with van der Waals surface area (Å²) in [5.74, 6) is -0.532. The van der Waals surface area contributed by atoms with Crippen molar-refractivity contribution in [3.05, 3.63) is 59.1 Å². The molecule has 8 nitrogen and oxygen atoms in total. The van der Waals surface area contributed by atoms with Crippen molar-refractivity contribution in [1.29, 1.82) is 0 Å². The van der Waals surface area contributed by atoms with Crippen LogP contribution in [0.15, 0.2) is 48.5 Å². The van der Waals surface area contributed by atoms with Crippen molar-refractivity contribution in [3.8, 4) is 5.75 Å². The van der Waals surface area contributed by atoms with Gasteiger partial charge in [0.25, 0.3) is 0 Å². The average molecular weight is 496 g/mol. The Bertz CT molecular complexity index is 1080. The van der Waals surface area contributed by atoms with E-state index in [1.54, 1.807) is 69.3 Å². The number of carbonyl (C=O) groups is 2. The van der Waals surface area contributed by atoms with Crippen LogP contribution < -0.4 is 14.4 Å². The molecule has 10 heteroatoms. The highest BCUT2D eigenvalue weighted by Crippen LogP contribution is 2.30. The molecule has 2 amide bonds. The average Bonchev–Trinajstić information content (AvgIpc) is 2.75. The lowest BCUT2D eigenvalue weighted by Gasteiger charge is -2.31. The molecule has 1 N–H and O–H groups in total. The number of hydrogen-bond acceptors (Lipinski definition) is 5. The number of amides is 2. The van der Waals surface area contributed by atoms with Crippen LogP contribution in [0.25, 0.3) is 0 Å². The molecule has 1 atom stereocenters. The molecule has 0 aromatic heterocycles. The minimum absolute atomic E-state index is 0.0857. The summed E-state index contributed by atoms with van der Waals surface area (Å²) in [5.41, 5.74) is 0.969. The summed E-state index contributed by atoms with van der Waals surface area (Å²) in [4.78, 5) is 27.3. The van der Waals surface area contributed by atoms with Crippen molar-refractivity contribution in [3.63, 3.8) is 0 Å². The number of benzene rings is 2. The second kappa shape index (κ2) is 11.9. The lowest BCUT2D eigenvalue weighted by atomic mass is 10.1. The van der Waals surface area contributed by atoms with Crippen LogP contribution in [0.2, 0.25) is 5.02 Å². The largest absolute Gasteiger partial charge is 0.492 e. The highest BCUT2D eigenvalue weighted by Gasteiger charge is 2.31. The lowest BCUT2D eigenvalue weighted by molar-refractivity contribution is -0.139. The third-order valence-electron chi connectivity index (χ3n) is 4.87. The molecule has 0 aliphatic heterocycles. The number of likely N-dealkylation sites (N-methyl/N-ethyl adjacent to an activating group) is 1. The standard InChI is InChI=1S/C23H30ClN3O5S/c1-5-25-23(29)17(3)26(15-18-10-9-11-19(24)14-18)22(28)16-27(33(4,30)31)20-12-7-8-13-21(20)32-6-2/h7-14,17H,5-6,15-16H2,1-4H3,(H,25,29)/t17-/m1/s1. The number of anilines is 1. The van der Waals surface area contributed by atoms with Gasteiger partial charge in [-0.2, -0.15) is 0 Å². The number of nitrogens with zero attached hydrogens (tertiary/aromatic N) is 2. The number of carbonyl (C=O) groups excluding carboxylic acids is 2. The van der Waals surface area contributed by atoms with E-state index in [4.69, 9.17) is 16.3 Å². The SMILES string of the molecule is CCNC(=O)[C@@H](C)N(Cc1cccc(Cl)c1)C(=O)CN(c1ccccc1OCC)S(C)(=O)=O. The summed E-state index contributed by atoms with van der Waals surface area (Å²) in [6.07, 6.45) is 1.03. The first kappa shape index (κ1) is 26.5. The molecule has 2 aromatic rings. The van der Waals surface area contributed by atoms with E-state index >= 15 is 0 Å². The molecular formula is C23H30ClN3O5S. The Morgan fingerprint density at radius 3 is 2.42 bits per heavy atom. The Morgan fingerprint density at radius 2 is 1.82 bits per heavy atom. The minimum Gasteiger partial charge on any atom is -0.492 e. The van der Waals surface area contributed by atoms with Gasteiger partial charge in [0.15, 0.2) is 0 Å². The van der Waals surface area contributed by atoms with Crippen LogP contribution in [0, 0.1) is 0 Å². The van der Waals surface area contributed by atoms with Crippen molar-refractivity contribution in [2.75, 3.05) is 30.3 Å². The van der Waals surface area contributed by atoms with Crippen LogP contribution in [-0.2, 0) is 26.2 Å². The first-order valence-electron chi connectivity index (χ1n) is 10.6. The molecule has 0 aliphatic carbocycles. The van der Waals surface area contributed by atoms with E-state index in [-0.39, 0.29) is 18.1 Å². The van der Waals surface area contributed by atoms with Gasteiger partial charge in [-0.25, -0.2) is 8.42 Å². The fourth-order valence-corrected chi connectivity index (χ4v) is 4.34. The zero-order valence-electron chi connectivity index (χ0n) is 19.2. The molecule has 180 valence electrons. The molecule has 0 fully saturated rings. The highest BCUT2D eigenvalue weighted by atomic mass is 35.5. The third-order valence-corrected chi connectivity index (χ3v) is 6.23. The maximum atomic E-state index is 13.4. The van der Waals surface area contributed by atoms with E-state index in [2.05, 4.69) is 5.32 Å². The van der Waals surface area contributed by atoms with Gasteiger partial charge in [0, 0.05) is 18.1 Å². The van der Waals surface area contributed by atoms with Gasteiger partial charge in [-0.05, 0) is 50.6 Å². The summed E-state index contributed by atoms with van der Waals surface area (Å²) in [5, 5.41) is 3.20. The molecule has 0 heterocycles. The van der Waals surface area contributed by atoms with Gasteiger partial charge >= 0.3 is 0 Å². The quantitative estimate of drug-likeness (QED) is 0.517. The maximum absolute atomic E-state index is 13.4. The summed E-state index contributed by atoms with van der Waals surface area (Å²) < 4.78 is 31.9. The predicted molar refractivity (Wildman–Crippen MR) is 130 cm³/mol. The maximum Gasteiger partial charge on any atom is 0.244 e.